The van der Waals surface area contributed by atoms with Gasteiger partial charge in [-0.2, -0.15) is 0 Å². The molecule has 3 heteroatoms. The lowest BCUT2D eigenvalue weighted by Gasteiger charge is -2.46. The second kappa shape index (κ2) is 7.16. The van der Waals surface area contributed by atoms with E-state index < -0.39 is 5.41 Å². The van der Waals surface area contributed by atoms with Crippen molar-refractivity contribution < 1.29 is 14.6 Å². The Labute approximate surface area is 147 Å². The van der Waals surface area contributed by atoms with Crippen molar-refractivity contribution in [3.63, 3.8) is 0 Å². The van der Waals surface area contributed by atoms with Crippen LogP contribution in [0.5, 0.6) is 0 Å². The standard InChI is InChI=1S/C21H34O3/c1-9-11-12-21(20(6,7)8)14-15(24-17(22)10-2)13-16(18(21)23)19(3,4)5/h11-13,23H,9-10,14H2,1-8H3. The third-order valence-electron chi connectivity index (χ3n) is 4.75. The van der Waals surface area contributed by atoms with Crippen LogP contribution in [0.2, 0.25) is 0 Å². The topological polar surface area (TPSA) is 46.5 Å². The van der Waals surface area contributed by atoms with Crippen LogP contribution in [0, 0.1) is 16.2 Å². The normalized spacial score (nSPS) is 22.8. The summed E-state index contributed by atoms with van der Waals surface area (Å²) in [7, 11) is 0. The van der Waals surface area contributed by atoms with Crippen molar-refractivity contribution in [2.24, 2.45) is 16.2 Å². The van der Waals surface area contributed by atoms with Gasteiger partial charge < -0.3 is 9.84 Å². The van der Waals surface area contributed by atoms with Gasteiger partial charge in [0.05, 0.1) is 5.41 Å². The monoisotopic (exact) mass is 334 g/mol. The summed E-state index contributed by atoms with van der Waals surface area (Å²) in [6, 6.07) is 0. The maximum absolute atomic E-state index is 11.8. The third kappa shape index (κ3) is 4.12. The molecular weight excluding hydrogens is 300 g/mol. The van der Waals surface area contributed by atoms with E-state index in [4.69, 9.17) is 4.74 Å². The Bertz CT molecular complexity index is 565. The molecule has 1 atom stereocenters. The van der Waals surface area contributed by atoms with Gasteiger partial charge in [0.25, 0.3) is 0 Å². The van der Waals surface area contributed by atoms with Gasteiger partial charge in [-0.1, -0.05) is 67.5 Å². The molecule has 1 aliphatic rings. The Morgan fingerprint density at radius 2 is 1.83 bits per heavy atom. The molecule has 0 aromatic heterocycles. The van der Waals surface area contributed by atoms with Crippen LogP contribution in [0.15, 0.2) is 35.3 Å². The minimum absolute atomic E-state index is 0.225. The van der Waals surface area contributed by atoms with Gasteiger partial charge in [0.2, 0.25) is 0 Å². The molecule has 0 heterocycles. The van der Waals surface area contributed by atoms with Crippen LogP contribution in [0.4, 0.5) is 0 Å². The second-order valence-electron chi connectivity index (χ2n) is 8.66. The largest absolute Gasteiger partial charge is 0.511 e. The summed E-state index contributed by atoms with van der Waals surface area (Å²) >= 11 is 0. The molecule has 1 N–H and O–H groups in total. The molecule has 0 saturated heterocycles. The van der Waals surface area contributed by atoms with E-state index in [2.05, 4.69) is 60.6 Å². The fourth-order valence-electron chi connectivity index (χ4n) is 3.06. The summed E-state index contributed by atoms with van der Waals surface area (Å²) in [4.78, 5) is 11.8. The highest BCUT2D eigenvalue weighted by Gasteiger charge is 2.48. The molecule has 0 radical (unpaired) electrons. The Hall–Kier alpha value is -1.51. The Balaban J connectivity index is 3.60. The first-order valence-electron chi connectivity index (χ1n) is 8.92. The Morgan fingerprint density at radius 1 is 1.25 bits per heavy atom. The van der Waals surface area contributed by atoms with Gasteiger partial charge in [-0.3, -0.25) is 4.79 Å². The number of carbonyl (C=O) groups is 1. The minimum Gasteiger partial charge on any atom is -0.511 e. The van der Waals surface area contributed by atoms with E-state index in [0.717, 1.165) is 12.0 Å². The highest BCUT2D eigenvalue weighted by Crippen LogP contribution is 2.55. The molecule has 0 fully saturated rings. The molecule has 0 amide bonds. The molecule has 0 aliphatic heterocycles. The summed E-state index contributed by atoms with van der Waals surface area (Å²) in [6.07, 6.45) is 7.76. The van der Waals surface area contributed by atoms with E-state index in [-0.39, 0.29) is 16.8 Å². The minimum atomic E-state index is -0.580. The number of aliphatic hydroxyl groups excluding tert-OH is 1. The summed E-state index contributed by atoms with van der Waals surface area (Å²) in [5.41, 5.74) is -0.213. The predicted molar refractivity (Wildman–Crippen MR) is 99.5 cm³/mol. The van der Waals surface area contributed by atoms with Gasteiger partial charge in [-0.05, 0) is 28.9 Å². The number of hydrogen-bond acceptors (Lipinski definition) is 3. The van der Waals surface area contributed by atoms with E-state index in [1.807, 2.05) is 6.08 Å². The zero-order valence-corrected chi connectivity index (χ0v) is 16.6. The van der Waals surface area contributed by atoms with Crippen molar-refractivity contribution in [2.75, 3.05) is 0 Å². The van der Waals surface area contributed by atoms with Crippen molar-refractivity contribution in [1.82, 2.24) is 0 Å². The van der Waals surface area contributed by atoms with E-state index in [0.29, 0.717) is 24.4 Å². The molecule has 1 aliphatic carbocycles. The third-order valence-corrected chi connectivity index (χ3v) is 4.75. The van der Waals surface area contributed by atoms with Gasteiger partial charge in [-0.15, -0.1) is 0 Å². The number of allylic oxidation sites excluding steroid dienone is 5. The molecule has 24 heavy (non-hydrogen) atoms. The summed E-state index contributed by atoms with van der Waals surface area (Å²) in [5.74, 6) is 0.793. The second-order valence-corrected chi connectivity index (χ2v) is 8.66. The number of aliphatic hydroxyl groups is 1. The molecule has 3 nitrogen and oxygen atoms in total. The van der Waals surface area contributed by atoms with E-state index in [9.17, 15) is 9.90 Å². The lowest BCUT2D eigenvalue weighted by atomic mass is 9.59. The quantitative estimate of drug-likeness (QED) is 0.500. The Kier molecular flexibility index (Phi) is 6.13. The molecule has 0 aromatic carbocycles. The SMILES string of the molecule is CCC=CC1(C(C)(C)C)CC(OC(=O)CC)=CC(C(C)(C)C)=C1O. The van der Waals surface area contributed by atoms with Crippen LogP contribution >= 0.6 is 0 Å². The number of ether oxygens (including phenoxy) is 1. The van der Waals surface area contributed by atoms with Crippen molar-refractivity contribution in [3.8, 4) is 0 Å². The molecule has 1 rings (SSSR count). The number of carbonyl (C=O) groups excluding carboxylic acids is 1. The molecule has 1 unspecified atom stereocenters. The average Bonchev–Trinajstić information content (AvgIpc) is 2.44. The van der Waals surface area contributed by atoms with Gasteiger partial charge in [0.15, 0.2) is 0 Å². The predicted octanol–water partition coefficient (Wildman–Crippen LogP) is 6.08. The smallest absolute Gasteiger partial charge is 0.310 e. The van der Waals surface area contributed by atoms with Crippen molar-refractivity contribution in [1.29, 1.82) is 0 Å². The van der Waals surface area contributed by atoms with Gasteiger partial charge in [0, 0.05) is 12.8 Å². The van der Waals surface area contributed by atoms with Crippen LogP contribution in [0.1, 0.15) is 74.7 Å². The fourth-order valence-corrected chi connectivity index (χ4v) is 3.06. The van der Waals surface area contributed by atoms with Gasteiger partial charge in [0.1, 0.15) is 11.5 Å². The first kappa shape index (κ1) is 20.5. The van der Waals surface area contributed by atoms with Crippen LogP contribution < -0.4 is 0 Å². The highest BCUT2D eigenvalue weighted by molar-refractivity contribution is 5.70. The fraction of sp³-hybridized carbons (Fsp3) is 0.667. The number of rotatable bonds is 4. The van der Waals surface area contributed by atoms with Crippen LogP contribution in [-0.2, 0) is 9.53 Å². The van der Waals surface area contributed by atoms with E-state index >= 15 is 0 Å². The molecule has 0 aromatic rings. The molecular formula is C21H34O3. The number of hydrogen-bond donors (Lipinski definition) is 1. The first-order chi connectivity index (χ1) is 10.9. The highest BCUT2D eigenvalue weighted by atomic mass is 16.5. The van der Waals surface area contributed by atoms with Crippen molar-refractivity contribution in [2.45, 2.75) is 74.7 Å². The molecule has 136 valence electrons. The van der Waals surface area contributed by atoms with Crippen molar-refractivity contribution in [3.05, 3.63) is 35.3 Å². The maximum atomic E-state index is 11.8. The lowest BCUT2D eigenvalue weighted by Crippen LogP contribution is -2.40. The summed E-state index contributed by atoms with van der Waals surface area (Å²) in [6.45, 7) is 16.4. The van der Waals surface area contributed by atoms with E-state index in [1.54, 1.807) is 6.92 Å². The van der Waals surface area contributed by atoms with Crippen LogP contribution in [0.3, 0.4) is 0 Å². The lowest BCUT2D eigenvalue weighted by molar-refractivity contribution is -0.139. The van der Waals surface area contributed by atoms with Crippen molar-refractivity contribution >= 4 is 5.97 Å². The van der Waals surface area contributed by atoms with Gasteiger partial charge in [-0.25, -0.2) is 0 Å². The Morgan fingerprint density at radius 3 is 2.25 bits per heavy atom. The molecule has 0 saturated carbocycles. The van der Waals surface area contributed by atoms with E-state index in [1.165, 1.54) is 0 Å². The average molecular weight is 335 g/mol. The summed E-state index contributed by atoms with van der Waals surface area (Å²) in [5, 5.41) is 11.2. The van der Waals surface area contributed by atoms with Gasteiger partial charge >= 0.3 is 5.97 Å². The molecule has 0 bridgehead atoms. The summed E-state index contributed by atoms with van der Waals surface area (Å²) < 4.78 is 5.59. The maximum Gasteiger partial charge on any atom is 0.310 e. The molecule has 0 spiro atoms. The zero-order valence-electron chi connectivity index (χ0n) is 16.6. The number of esters is 1. The van der Waals surface area contributed by atoms with Crippen LogP contribution in [0.25, 0.3) is 0 Å². The first-order valence-corrected chi connectivity index (χ1v) is 8.92. The zero-order chi connectivity index (χ0) is 18.8. The van der Waals surface area contributed by atoms with Crippen LogP contribution in [-0.4, -0.2) is 11.1 Å².